The second-order valence-electron chi connectivity index (χ2n) is 16.5. The maximum absolute atomic E-state index is 14.4. The van der Waals surface area contributed by atoms with E-state index in [1.54, 1.807) is 4.90 Å². The number of carbonyl (C=O) groups is 6. The van der Waals surface area contributed by atoms with Crippen molar-refractivity contribution in [2.24, 2.45) is 11.3 Å². The van der Waals surface area contributed by atoms with Crippen LogP contribution in [0.25, 0.3) is 0 Å². The molecule has 3 aliphatic heterocycles. The molecule has 3 fully saturated rings. The molecular formula is C38H52N6O10S. The Labute approximate surface area is 321 Å². The minimum atomic E-state index is -3.92. The normalized spacial score (nSPS) is 28.5. The van der Waals surface area contributed by atoms with Crippen LogP contribution in [0.5, 0.6) is 0 Å². The molecule has 2 saturated carbocycles. The Morgan fingerprint density at radius 3 is 2.49 bits per heavy atom. The number of cyclic esters (lactones) is 1. The predicted molar refractivity (Wildman–Crippen MR) is 198 cm³/mol. The van der Waals surface area contributed by atoms with Crippen LogP contribution < -0.4 is 20.7 Å². The van der Waals surface area contributed by atoms with Crippen LogP contribution in [0.4, 0.5) is 9.59 Å². The van der Waals surface area contributed by atoms with E-state index in [9.17, 15) is 37.2 Å². The summed E-state index contributed by atoms with van der Waals surface area (Å²) in [6, 6.07) is 3.32. The van der Waals surface area contributed by atoms with Gasteiger partial charge in [0.15, 0.2) is 0 Å². The first kappa shape index (κ1) is 40.0. The number of carbonyl (C=O) groups excluding carboxylic acids is 6. The van der Waals surface area contributed by atoms with Crippen molar-refractivity contribution in [2.45, 2.75) is 121 Å². The molecule has 1 aromatic carbocycles. The smallest absolute Gasteiger partial charge is 0.410 e. The zero-order valence-electron chi connectivity index (χ0n) is 31.7. The number of ether oxygens (including phenoxy) is 2. The van der Waals surface area contributed by atoms with Gasteiger partial charge < -0.3 is 30.3 Å². The van der Waals surface area contributed by atoms with Crippen molar-refractivity contribution in [3.63, 3.8) is 0 Å². The van der Waals surface area contributed by atoms with Crippen molar-refractivity contribution in [3.8, 4) is 0 Å². The van der Waals surface area contributed by atoms with Gasteiger partial charge in [-0.25, -0.2) is 18.0 Å². The van der Waals surface area contributed by atoms with Crippen LogP contribution >= 0.6 is 0 Å². The number of hydrogen-bond donors (Lipinski definition) is 4. The molecule has 6 rings (SSSR count). The maximum atomic E-state index is 14.4. The van der Waals surface area contributed by atoms with Crippen LogP contribution in [0.3, 0.4) is 0 Å². The molecule has 2 aliphatic carbocycles. The standard InChI is InChI=1S/C38H52N6O10S/c1-5-31(45)39-18-29-33(47)44-20-26(15-30(44)32(46)41-38(16-23(2)17-38)34(48)42-55(51,52)27-12-13-27)54-36(50)43-19-25-11-8-10-24(28(25)21-43)9-6-7-14-37(3,4)22-53-35(49)40-29/h5,8,10-11,23,26-27,29-30H,1,6-7,9,12-22H2,2-4H3,(H,39,45)(H,40,49)(H,41,46)(H,42,48)/t23?,26-,29+,30+,38?/m1/s1. The number of nitrogens with one attached hydrogen (secondary N) is 4. The van der Waals surface area contributed by atoms with E-state index in [1.165, 1.54) is 0 Å². The van der Waals surface area contributed by atoms with Gasteiger partial charge in [0.05, 0.1) is 18.4 Å². The fraction of sp³-hybridized carbons (Fsp3) is 0.632. The van der Waals surface area contributed by atoms with E-state index < -0.39 is 80.2 Å². The molecule has 4 bridgehead atoms. The molecule has 17 heteroatoms. The van der Waals surface area contributed by atoms with E-state index in [4.69, 9.17) is 9.47 Å². The number of hydrogen-bond acceptors (Lipinski definition) is 10. The first-order valence-corrected chi connectivity index (χ1v) is 20.6. The molecule has 300 valence electrons. The third-order valence-electron chi connectivity index (χ3n) is 11.2. The van der Waals surface area contributed by atoms with E-state index in [0.717, 1.165) is 53.3 Å². The average Bonchev–Trinajstić information content (AvgIpc) is 3.77. The molecule has 1 aromatic rings. The molecule has 4 N–H and O–H groups in total. The number of benzene rings is 1. The molecule has 6 amide bonds. The number of amides is 6. The summed E-state index contributed by atoms with van der Waals surface area (Å²) in [5.41, 5.74) is 1.30. The Kier molecular flexibility index (Phi) is 11.5. The molecule has 3 atom stereocenters. The fourth-order valence-corrected chi connectivity index (χ4v) is 9.42. The second-order valence-corrected chi connectivity index (χ2v) is 18.5. The molecule has 5 aliphatic rings. The van der Waals surface area contributed by atoms with Crippen LogP contribution in [0.15, 0.2) is 30.9 Å². The maximum Gasteiger partial charge on any atom is 0.410 e. The lowest BCUT2D eigenvalue weighted by atomic mass is 9.68. The van der Waals surface area contributed by atoms with Gasteiger partial charge in [0.2, 0.25) is 27.7 Å². The summed E-state index contributed by atoms with van der Waals surface area (Å²) < 4.78 is 39.1. The van der Waals surface area contributed by atoms with E-state index in [2.05, 4.69) is 33.3 Å². The van der Waals surface area contributed by atoms with Crippen molar-refractivity contribution in [1.82, 2.24) is 30.5 Å². The number of alkyl carbamates (subject to hydrolysis) is 1. The molecular weight excluding hydrogens is 733 g/mol. The molecule has 3 heterocycles. The fourth-order valence-electron chi connectivity index (χ4n) is 8.04. The quantitative estimate of drug-likeness (QED) is 0.283. The van der Waals surface area contributed by atoms with Gasteiger partial charge >= 0.3 is 12.2 Å². The van der Waals surface area contributed by atoms with Crippen LogP contribution in [0.2, 0.25) is 0 Å². The first-order valence-electron chi connectivity index (χ1n) is 19.1. The minimum Gasteiger partial charge on any atom is -0.449 e. The van der Waals surface area contributed by atoms with Crippen LogP contribution in [-0.2, 0) is 58.2 Å². The molecule has 0 radical (unpaired) electrons. The van der Waals surface area contributed by atoms with E-state index >= 15 is 0 Å². The van der Waals surface area contributed by atoms with Gasteiger partial charge in [-0.2, -0.15) is 0 Å². The lowest BCUT2D eigenvalue weighted by molar-refractivity contribution is -0.144. The summed E-state index contributed by atoms with van der Waals surface area (Å²) in [7, 11) is -3.92. The molecule has 16 nitrogen and oxygen atoms in total. The molecule has 1 saturated heterocycles. The minimum absolute atomic E-state index is 0.00234. The summed E-state index contributed by atoms with van der Waals surface area (Å²) in [6.07, 6.45) is 2.89. The van der Waals surface area contributed by atoms with Crippen molar-refractivity contribution in [3.05, 3.63) is 47.5 Å². The van der Waals surface area contributed by atoms with Gasteiger partial charge in [0.1, 0.15) is 23.7 Å². The third kappa shape index (κ3) is 9.24. The zero-order valence-corrected chi connectivity index (χ0v) is 32.5. The largest absolute Gasteiger partial charge is 0.449 e. The highest BCUT2D eigenvalue weighted by Crippen LogP contribution is 2.39. The number of aryl methyl sites for hydroxylation is 1. The lowest BCUT2D eigenvalue weighted by Crippen LogP contribution is -2.68. The van der Waals surface area contributed by atoms with Gasteiger partial charge in [0.25, 0.3) is 5.91 Å². The number of rotatable bonds is 8. The lowest BCUT2D eigenvalue weighted by Gasteiger charge is -2.46. The third-order valence-corrected chi connectivity index (χ3v) is 13.1. The average molecular weight is 785 g/mol. The van der Waals surface area contributed by atoms with Gasteiger partial charge in [-0.05, 0) is 79.0 Å². The topological polar surface area (TPSA) is 210 Å². The monoisotopic (exact) mass is 784 g/mol. The van der Waals surface area contributed by atoms with Crippen molar-refractivity contribution < 1.29 is 46.7 Å². The number of nitrogens with zero attached hydrogens (tertiary/aromatic N) is 2. The Hall–Kier alpha value is -4.67. The summed E-state index contributed by atoms with van der Waals surface area (Å²) >= 11 is 0. The van der Waals surface area contributed by atoms with E-state index in [-0.39, 0.29) is 44.9 Å². The molecule has 0 unspecified atom stereocenters. The zero-order chi connectivity index (χ0) is 39.7. The molecule has 0 aromatic heterocycles. The summed E-state index contributed by atoms with van der Waals surface area (Å²) in [5.74, 6) is -2.99. The SMILES string of the molecule is C=CC(=O)NC[C@@H]1NC(=O)OCC(C)(C)CCCCc2cccc3c2CN(C3)C(=O)O[C@@H]2C[C@@H](C(=O)NC3(C(=O)NS(=O)(=O)C4CC4)CC(C)C3)N(C2)C1=O. The van der Waals surface area contributed by atoms with Gasteiger partial charge in [-0.3, -0.25) is 28.8 Å². The Morgan fingerprint density at radius 1 is 1.07 bits per heavy atom. The van der Waals surface area contributed by atoms with Crippen molar-refractivity contribution >= 4 is 45.8 Å². The van der Waals surface area contributed by atoms with E-state index in [0.29, 0.717) is 25.9 Å². The van der Waals surface area contributed by atoms with Crippen LogP contribution in [-0.4, -0.2) is 103 Å². The van der Waals surface area contributed by atoms with Crippen LogP contribution in [0, 0.1) is 11.3 Å². The molecule has 55 heavy (non-hydrogen) atoms. The van der Waals surface area contributed by atoms with Crippen LogP contribution in [0.1, 0.15) is 88.8 Å². The second kappa shape index (κ2) is 15.8. The highest BCUT2D eigenvalue weighted by Gasteiger charge is 2.54. The molecule has 0 spiro atoms. The summed E-state index contributed by atoms with van der Waals surface area (Å²) in [6.45, 7) is 9.38. The first-order chi connectivity index (χ1) is 26.0. The Balaban J connectivity index is 1.28. The van der Waals surface area contributed by atoms with Gasteiger partial charge in [-0.15, -0.1) is 0 Å². The number of sulfonamides is 1. The van der Waals surface area contributed by atoms with Crippen molar-refractivity contribution in [2.75, 3.05) is 19.7 Å². The number of fused-ring (bicyclic) bond motifs is 3. The highest BCUT2D eigenvalue weighted by atomic mass is 32.2. The van der Waals surface area contributed by atoms with Gasteiger partial charge in [-0.1, -0.05) is 52.0 Å². The van der Waals surface area contributed by atoms with E-state index in [1.807, 2.05) is 32.9 Å². The van der Waals surface area contributed by atoms with Crippen molar-refractivity contribution in [1.29, 1.82) is 0 Å². The summed E-state index contributed by atoms with van der Waals surface area (Å²) in [5, 5.41) is 7.15. The Bertz CT molecular complexity index is 1840. The summed E-state index contributed by atoms with van der Waals surface area (Å²) in [4.78, 5) is 83.9. The predicted octanol–water partition coefficient (Wildman–Crippen LogP) is 2.15. The van der Waals surface area contributed by atoms with Gasteiger partial charge in [0, 0.05) is 26.1 Å². The highest BCUT2D eigenvalue weighted by molar-refractivity contribution is 7.91. The Morgan fingerprint density at radius 2 is 1.80 bits per heavy atom.